The molecule has 14 nitrogen and oxygen atoms in total. The largest absolute Gasteiger partial charge is 0.497 e. The van der Waals surface area contributed by atoms with Gasteiger partial charge in [0.05, 0.1) is 60.4 Å². The lowest BCUT2D eigenvalue weighted by Gasteiger charge is -2.38. The van der Waals surface area contributed by atoms with Gasteiger partial charge in [0.25, 0.3) is 0 Å². The lowest BCUT2D eigenvalue weighted by atomic mass is 9.94. The van der Waals surface area contributed by atoms with Crippen molar-refractivity contribution in [3.05, 3.63) is 144 Å². The molecule has 3 aliphatic rings. The van der Waals surface area contributed by atoms with Crippen LogP contribution in [0.2, 0.25) is 0 Å². The second-order valence-electron chi connectivity index (χ2n) is 15.0. The zero-order valence-corrected chi connectivity index (χ0v) is 35.3. The summed E-state index contributed by atoms with van der Waals surface area (Å²) in [7, 11) is 3.32. The third kappa shape index (κ3) is 6.88. The van der Waals surface area contributed by atoms with E-state index in [2.05, 4.69) is 35.1 Å². The molecule has 3 aliphatic heterocycles. The molecule has 6 heterocycles. The first-order valence-corrected chi connectivity index (χ1v) is 22.2. The maximum Gasteiger partial charge on any atom is 0.210 e. The van der Waals surface area contributed by atoms with Crippen LogP contribution in [-0.2, 0) is 0 Å². The third-order valence-electron chi connectivity index (χ3n) is 11.3. The van der Waals surface area contributed by atoms with E-state index in [1.807, 2.05) is 106 Å². The van der Waals surface area contributed by atoms with E-state index in [0.717, 1.165) is 80.5 Å². The summed E-state index contributed by atoms with van der Waals surface area (Å²) < 4.78 is 28.1. The van der Waals surface area contributed by atoms with Crippen molar-refractivity contribution in [2.75, 3.05) is 38.3 Å². The van der Waals surface area contributed by atoms with E-state index in [1.54, 1.807) is 37.7 Å². The van der Waals surface area contributed by atoms with Crippen molar-refractivity contribution in [2.24, 2.45) is 0 Å². The molecule has 0 fully saturated rings. The molecule has 2 N–H and O–H groups in total. The van der Waals surface area contributed by atoms with Crippen LogP contribution in [0.15, 0.2) is 132 Å². The molecular weight excluding hydrogens is 821 g/mol. The SMILES string of the molecule is COc1ccc(-c2nnc3n2NC2c4nc5ccccc5nc4C4Nn5c(nnc5-c5ccc(OC)cc5)SC4c4ccccc4OCCCCOc4ccccc4C2S3)cc1. The van der Waals surface area contributed by atoms with Gasteiger partial charge in [0.1, 0.15) is 35.1 Å². The van der Waals surface area contributed by atoms with Gasteiger partial charge in [-0.2, -0.15) is 0 Å². The van der Waals surface area contributed by atoms with Crippen LogP contribution in [0, 0.1) is 0 Å². The van der Waals surface area contributed by atoms with E-state index in [-0.39, 0.29) is 10.5 Å². The standard InChI is InChI=1S/C46H40N10O4S2/c1-57-29-21-17-27(18-22-29)43-49-51-45-55(43)53-39-37-38(48-34-14-6-5-13-33(34)47-37)40-42(62-46-52-50-44(56(46)54-40)28-19-23-30(58-2)24-20-28)32-12-4-8-16-36(32)60-26-10-9-25-59-35-15-7-3-11-31(35)41(39)61-45/h3-8,11-24,39-42,53-54H,9-10,25-26H2,1-2H3. The van der Waals surface area contributed by atoms with Gasteiger partial charge >= 0.3 is 0 Å². The number of thioether (sulfide) groups is 2. The van der Waals surface area contributed by atoms with E-state index in [0.29, 0.717) is 35.2 Å². The monoisotopic (exact) mass is 860 g/mol. The number of para-hydroxylation sites is 4. The molecule has 8 aromatic rings. The van der Waals surface area contributed by atoms with E-state index in [1.165, 1.54) is 0 Å². The number of hydrogen-bond donors (Lipinski definition) is 2. The molecule has 4 unspecified atom stereocenters. The fourth-order valence-corrected chi connectivity index (χ4v) is 10.6. The molecule has 4 atom stereocenters. The van der Waals surface area contributed by atoms with Gasteiger partial charge in [-0.25, -0.2) is 19.3 Å². The Morgan fingerprint density at radius 1 is 0.532 bits per heavy atom. The number of hydrogen-bond acceptors (Lipinski definition) is 14. The Morgan fingerprint density at radius 2 is 0.952 bits per heavy atom. The van der Waals surface area contributed by atoms with Gasteiger partial charge in [0.2, 0.25) is 10.3 Å². The number of ether oxygens (including phenoxy) is 4. The van der Waals surface area contributed by atoms with Crippen LogP contribution in [0.3, 0.4) is 0 Å². The minimum absolute atomic E-state index is 0.264. The molecular formula is C46H40N10O4S2. The van der Waals surface area contributed by atoms with Crippen molar-refractivity contribution in [1.82, 2.24) is 39.7 Å². The van der Waals surface area contributed by atoms with Crippen LogP contribution in [-0.4, -0.2) is 67.1 Å². The predicted octanol–water partition coefficient (Wildman–Crippen LogP) is 8.98. The Bertz CT molecular complexity index is 2710. The smallest absolute Gasteiger partial charge is 0.210 e. The van der Waals surface area contributed by atoms with Crippen LogP contribution in [0.1, 0.15) is 57.9 Å². The zero-order valence-electron chi connectivity index (χ0n) is 33.7. The minimum Gasteiger partial charge on any atom is -0.497 e. The van der Waals surface area contributed by atoms with Crippen LogP contribution in [0.5, 0.6) is 23.0 Å². The van der Waals surface area contributed by atoms with Crippen molar-refractivity contribution >= 4 is 34.6 Å². The zero-order chi connectivity index (χ0) is 41.6. The molecule has 5 aromatic carbocycles. The van der Waals surface area contributed by atoms with Gasteiger partial charge in [-0.05, 0) is 85.6 Å². The van der Waals surface area contributed by atoms with Crippen molar-refractivity contribution in [3.8, 4) is 45.8 Å². The normalized spacial score (nSPS) is 19.3. The molecule has 62 heavy (non-hydrogen) atoms. The first-order valence-electron chi connectivity index (χ1n) is 20.4. The number of fused-ring (bicyclic) bond motifs is 12. The Balaban J connectivity index is 1.14. The summed E-state index contributed by atoms with van der Waals surface area (Å²) >= 11 is 3.25. The van der Waals surface area contributed by atoms with Crippen molar-refractivity contribution in [2.45, 2.75) is 45.7 Å². The summed E-state index contributed by atoms with van der Waals surface area (Å²) in [5, 5.41) is 19.8. The average Bonchev–Trinajstić information content (AvgIpc) is 3.95. The van der Waals surface area contributed by atoms with Gasteiger partial charge in [-0.1, -0.05) is 72.1 Å². The maximum absolute atomic E-state index is 6.61. The molecule has 3 aromatic heterocycles. The van der Waals surface area contributed by atoms with Gasteiger partial charge in [-0.3, -0.25) is 0 Å². The van der Waals surface area contributed by atoms with E-state index in [4.69, 9.17) is 49.3 Å². The Kier molecular flexibility index (Phi) is 10.0. The first kappa shape index (κ1) is 38.2. The molecule has 0 saturated carbocycles. The number of nitrogens with one attached hydrogen (secondary N) is 2. The summed E-state index contributed by atoms with van der Waals surface area (Å²) in [6, 6.07) is 39.3. The number of rotatable bonds is 4. The highest BCUT2D eigenvalue weighted by Crippen LogP contribution is 2.55. The van der Waals surface area contributed by atoms with Gasteiger partial charge < -0.3 is 29.8 Å². The molecule has 0 saturated heterocycles. The van der Waals surface area contributed by atoms with Gasteiger partial charge in [0, 0.05) is 22.3 Å². The maximum atomic E-state index is 6.61. The van der Waals surface area contributed by atoms with Crippen LogP contribution in [0.25, 0.3) is 33.8 Å². The number of nitrogens with zero attached hydrogens (tertiary/aromatic N) is 8. The van der Waals surface area contributed by atoms with Crippen molar-refractivity contribution < 1.29 is 18.9 Å². The summed E-state index contributed by atoms with van der Waals surface area (Å²) in [5.74, 6) is 4.44. The third-order valence-corrected chi connectivity index (χ3v) is 13.8. The number of aromatic nitrogens is 8. The molecule has 0 bridgehead atoms. The highest BCUT2D eigenvalue weighted by Gasteiger charge is 2.43. The van der Waals surface area contributed by atoms with Crippen LogP contribution < -0.4 is 29.8 Å². The van der Waals surface area contributed by atoms with Gasteiger partial charge in [-0.15, -0.1) is 20.4 Å². The van der Waals surface area contributed by atoms with Crippen LogP contribution in [0.4, 0.5) is 0 Å². The Labute approximate surface area is 365 Å². The van der Waals surface area contributed by atoms with E-state index >= 15 is 0 Å². The fourth-order valence-electron chi connectivity index (χ4n) is 8.20. The lowest BCUT2D eigenvalue weighted by Crippen LogP contribution is -2.36. The molecule has 0 aliphatic carbocycles. The Morgan fingerprint density at radius 3 is 1.39 bits per heavy atom. The number of methoxy groups -OCH3 is 2. The molecule has 0 spiro atoms. The van der Waals surface area contributed by atoms with Crippen LogP contribution >= 0.6 is 23.5 Å². The summed E-state index contributed by atoms with van der Waals surface area (Å²) in [6.07, 6.45) is 1.63. The molecule has 310 valence electrons. The topological polar surface area (TPSA) is 148 Å². The first-order chi connectivity index (χ1) is 30.6. The molecule has 0 radical (unpaired) electrons. The highest BCUT2D eigenvalue weighted by molar-refractivity contribution is 7.99. The highest BCUT2D eigenvalue weighted by atomic mass is 32.2. The second-order valence-corrected chi connectivity index (χ2v) is 17.2. The summed E-state index contributed by atoms with van der Waals surface area (Å²) in [5.41, 5.74) is 14.6. The summed E-state index contributed by atoms with van der Waals surface area (Å²) in [6.45, 7) is 1.07. The predicted molar refractivity (Wildman–Crippen MR) is 238 cm³/mol. The van der Waals surface area contributed by atoms with E-state index in [9.17, 15) is 0 Å². The van der Waals surface area contributed by atoms with Crippen molar-refractivity contribution in [1.29, 1.82) is 0 Å². The summed E-state index contributed by atoms with van der Waals surface area (Å²) in [4.78, 5) is 11.1. The molecule has 16 heteroatoms. The van der Waals surface area contributed by atoms with Gasteiger partial charge in [0.15, 0.2) is 11.6 Å². The molecule has 0 amide bonds. The fraction of sp³-hybridized carbons (Fsp3) is 0.217. The lowest BCUT2D eigenvalue weighted by molar-refractivity contribution is 0.263. The molecule has 11 rings (SSSR count). The average molecular weight is 861 g/mol. The minimum atomic E-state index is -0.465. The van der Waals surface area contributed by atoms with Crippen molar-refractivity contribution in [3.63, 3.8) is 0 Å². The van der Waals surface area contributed by atoms with E-state index < -0.39 is 12.1 Å². The Hall–Kier alpha value is -6.78. The second kappa shape index (κ2) is 16.2. The quantitative estimate of drug-likeness (QED) is 0.173. The number of benzene rings is 5.